The molecule has 0 radical (unpaired) electrons. The normalized spacial score (nSPS) is 13.3. The van der Waals surface area contributed by atoms with Crippen LogP contribution in [0.4, 0.5) is 0 Å². The third-order valence-corrected chi connectivity index (χ3v) is 7.49. The molecule has 0 spiro atoms. The average molecular weight is 421 g/mol. The fourth-order valence-corrected chi connectivity index (χ4v) is 5.19. The van der Waals surface area contributed by atoms with Crippen LogP contribution < -0.4 is 10.9 Å². The SMILES string of the molecule is CCN(CC)S(=O)(=O)c1ccc(C(C)NCc2cc(=O)n3ccsc3n2)cc1. The van der Waals surface area contributed by atoms with Crippen molar-refractivity contribution in [1.29, 1.82) is 0 Å². The number of nitrogens with one attached hydrogen (secondary N) is 1. The monoisotopic (exact) mass is 420 g/mol. The maximum Gasteiger partial charge on any atom is 0.258 e. The van der Waals surface area contributed by atoms with Crippen LogP contribution >= 0.6 is 11.3 Å². The molecule has 28 heavy (non-hydrogen) atoms. The lowest BCUT2D eigenvalue weighted by Gasteiger charge is -2.19. The van der Waals surface area contributed by atoms with Crippen LogP contribution in [0.3, 0.4) is 0 Å². The molecule has 2 aromatic heterocycles. The molecule has 0 amide bonds. The molecule has 1 N–H and O–H groups in total. The number of sulfonamides is 1. The van der Waals surface area contributed by atoms with E-state index in [4.69, 9.17) is 0 Å². The molecule has 0 bridgehead atoms. The van der Waals surface area contributed by atoms with Crippen LogP contribution in [0.15, 0.2) is 51.6 Å². The van der Waals surface area contributed by atoms with Crippen molar-refractivity contribution < 1.29 is 8.42 Å². The summed E-state index contributed by atoms with van der Waals surface area (Å²) in [7, 11) is -3.45. The molecule has 3 aromatic rings. The van der Waals surface area contributed by atoms with Crippen LogP contribution in [0.25, 0.3) is 4.96 Å². The topological polar surface area (TPSA) is 83.8 Å². The zero-order chi connectivity index (χ0) is 20.3. The van der Waals surface area contributed by atoms with Gasteiger partial charge in [0.25, 0.3) is 5.56 Å². The van der Waals surface area contributed by atoms with E-state index in [0.717, 1.165) is 5.56 Å². The second-order valence-corrected chi connectivity index (χ2v) is 9.21. The van der Waals surface area contributed by atoms with E-state index < -0.39 is 10.0 Å². The first-order valence-corrected chi connectivity index (χ1v) is 11.5. The second-order valence-electron chi connectivity index (χ2n) is 6.40. The summed E-state index contributed by atoms with van der Waals surface area (Å²) in [6, 6.07) is 8.43. The Morgan fingerprint density at radius 3 is 2.54 bits per heavy atom. The molecule has 3 rings (SSSR count). The van der Waals surface area contributed by atoms with Crippen molar-refractivity contribution in [3.05, 3.63) is 63.5 Å². The van der Waals surface area contributed by atoms with Gasteiger partial charge in [-0.25, -0.2) is 13.4 Å². The highest BCUT2D eigenvalue weighted by atomic mass is 32.2. The van der Waals surface area contributed by atoms with E-state index >= 15 is 0 Å². The summed E-state index contributed by atoms with van der Waals surface area (Å²) in [5, 5.41) is 5.17. The lowest BCUT2D eigenvalue weighted by atomic mass is 10.1. The molecule has 2 heterocycles. The van der Waals surface area contributed by atoms with Crippen LogP contribution in [-0.2, 0) is 16.6 Å². The Balaban J connectivity index is 1.70. The molecule has 0 aliphatic rings. The number of benzene rings is 1. The molecular weight excluding hydrogens is 396 g/mol. The van der Waals surface area contributed by atoms with Gasteiger partial charge in [0.15, 0.2) is 4.96 Å². The van der Waals surface area contributed by atoms with Gasteiger partial charge in [0.1, 0.15) is 0 Å². The van der Waals surface area contributed by atoms with E-state index in [1.165, 1.54) is 26.1 Å². The Kier molecular flexibility index (Phi) is 6.29. The predicted molar refractivity (Wildman–Crippen MR) is 111 cm³/mol. The number of hydrogen-bond donors (Lipinski definition) is 1. The largest absolute Gasteiger partial charge is 0.305 e. The maximum absolute atomic E-state index is 12.6. The molecule has 1 unspecified atom stereocenters. The van der Waals surface area contributed by atoms with Gasteiger partial charge in [-0.15, -0.1) is 11.3 Å². The summed E-state index contributed by atoms with van der Waals surface area (Å²) in [5.41, 5.74) is 1.55. The standard InChI is InChI=1S/C19H24N4O3S2/c1-4-22(5-2)28(25,26)17-8-6-15(7-9-17)14(3)20-13-16-12-18(24)23-10-11-27-19(23)21-16/h6-12,14,20H,4-5,13H2,1-3H3. The lowest BCUT2D eigenvalue weighted by molar-refractivity contribution is 0.445. The zero-order valence-corrected chi connectivity index (χ0v) is 17.8. The third-order valence-electron chi connectivity index (χ3n) is 4.67. The molecule has 9 heteroatoms. The highest BCUT2D eigenvalue weighted by molar-refractivity contribution is 7.89. The van der Waals surface area contributed by atoms with Gasteiger partial charge in [0.2, 0.25) is 10.0 Å². The van der Waals surface area contributed by atoms with Crippen LogP contribution in [-0.4, -0.2) is 35.2 Å². The quantitative estimate of drug-likeness (QED) is 0.606. The van der Waals surface area contributed by atoms with Gasteiger partial charge in [-0.1, -0.05) is 26.0 Å². The summed E-state index contributed by atoms with van der Waals surface area (Å²) in [5.74, 6) is 0. The number of hydrogen-bond acceptors (Lipinski definition) is 6. The van der Waals surface area contributed by atoms with Gasteiger partial charge in [0.05, 0.1) is 10.6 Å². The summed E-state index contributed by atoms with van der Waals surface area (Å²) in [6.45, 7) is 6.98. The molecular formula is C19H24N4O3S2. The Labute approximate surface area is 168 Å². The smallest absolute Gasteiger partial charge is 0.258 e. The van der Waals surface area contributed by atoms with Gasteiger partial charge < -0.3 is 5.32 Å². The number of thiazole rings is 1. The van der Waals surface area contributed by atoms with Crippen LogP contribution in [0.2, 0.25) is 0 Å². The van der Waals surface area contributed by atoms with Crippen molar-refractivity contribution >= 4 is 26.3 Å². The van der Waals surface area contributed by atoms with Crippen molar-refractivity contribution in [2.24, 2.45) is 0 Å². The molecule has 1 atom stereocenters. The van der Waals surface area contributed by atoms with Crippen LogP contribution in [0.5, 0.6) is 0 Å². The highest BCUT2D eigenvalue weighted by Crippen LogP contribution is 2.19. The van der Waals surface area contributed by atoms with Gasteiger partial charge in [-0.3, -0.25) is 9.20 Å². The van der Waals surface area contributed by atoms with Crippen molar-refractivity contribution in [1.82, 2.24) is 19.0 Å². The van der Waals surface area contributed by atoms with Gasteiger partial charge in [0, 0.05) is 43.3 Å². The first-order valence-electron chi connectivity index (χ1n) is 9.16. The molecule has 150 valence electrons. The first-order chi connectivity index (χ1) is 13.4. The van der Waals surface area contributed by atoms with Crippen molar-refractivity contribution in [2.75, 3.05) is 13.1 Å². The van der Waals surface area contributed by atoms with E-state index in [1.807, 2.05) is 38.3 Å². The summed E-state index contributed by atoms with van der Waals surface area (Å²) >= 11 is 1.42. The first kappa shape index (κ1) is 20.7. The number of aromatic nitrogens is 2. The summed E-state index contributed by atoms with van der Waals surface area (Å²) in [4.78, 5) is 17.5. The molecule has 0 aliphatic carbocycles. The molecule has 0 saturated carbocycles. The van der Waals surface area contributed by atoms with Crippen LogP contribution in [0.1, 0.15) is 38.1 Å². The van der Waals surface area contributed by atoms with E-state index in [0.29, 0.717) is 35.2 Å². The molecule has 0 saturated heterocycles. The van der Waals surface area contributed by atoms with E-state index in [-0.39, 0.29) is 11.6 Å². The van der Waals surface area contributed by atoms with E-state index in [9.17, 15) is 13.2 Å². The fourth-order valence-electron chi connectivity index (χ4n) is 2.99. The maximum atomic E-state index is 12.6. The second kappa shape index (κ2) is 8.52. The summed E-state index contributed by atoms with van der Waals surface area (Å²) < 4.78 is 28.1. The number of rotatable bonds is 8. The lowest BCUT2D eigenvalue weighted by Crippen LogP contribution is -2.30. The Hall–Kier alpha value is -2.07. The van der Waals surface area contributed by atoms with Gasteiger partial charge in [-0.05, 0) is 24.6 Å². The molecule has 0 aliphatic heterocycles. The van der Waals surface area contributed by atoms with Gasteiger partial charge in [-0.2, -0.15) is 4.31 Å². The Morgan fingerprint density at radius 1 is 1.21 bits per heavy atom. The van der Waals surface area contributed by atoms with Crippen molar-refractivity contribution in [2.45, 2.75) is 38.3 Å². The third kappa shape index (κ3) is 4.17. The van der Waals surface area contributed by atoms with Crippen molar-refractivity contribution in [3.8, 4) is 0 Å². The molecule has 1 aromatic carbocycles. The zero-order valence-electron chi connectivity index (χ0n) is 16.1. The minimum atomic E-state index is -3.45. The minimum Gasteiger partial charge on any atom is -0.305 e. The predicted octanol–water partition coefficient (Wildman–Crippen LogP) is 2.64. The Bertz CT molecular complexity index is 1100. The fraction of sp³-hybridized carbons (Fsp3) is 0.368. The highest BCUT2D eigenvalue weighted by Gasteiger charge is 2.21. The van der Waals surface area contributed by atoms with Crippen molar-refractivity contribution in [3.63, 3.8) is 0 Å². The molecule has 7 nitrogen and oxygen atoms in total. The Morgan fingerprint density at radius 2 is 1.89 bits per heavy atom. The minimum absolute atomic E-state index is 0.0196. The van der Waals surface area contributed by atoms with E-state index in [1.54, 1.807) is 18.3 Å². The number of nitrogens with zero attached hydrogens (tertiary/aromatic N) is 3. The van der Waals surface area contributed by atoms with Crippen LogP contribution in [0, 0.1) is 0 Å². The molecule has 0 fully saturated rings. The number of fused-ring (bicyclic) bond motifs is 1. The summed E-state index contributed by atoms with van der Waals surface area (Å²) in [6.07, 6.45) is 1.71. The average Bonchev–Trinajstić information content (AvgIpc) is 3.16. The van der Waals surface area contributed by atoms with E-state index in [2.05, 4.69) is 10.3 Å². The van der Waals surface area contributed by atoms with Gasteiger partial charge >= 0.3 is 0 Å².